The normalized spacial score (nSPS) is 13.3. The van der Waals surface area contributed by atoms with Crippen LogP contribution in [-0.4, -0.2) is 34.9 Å². The number of nitrogens with zero attached hydrogens (tertiary/aromatic N) is 2. The van der Waals surface area contributed by atoms with Crippen molar-refractivity contribution < 1.29 is 10.0 Å². The van der Waals surface area contributed by atoms with Crippen LogP contribution in [0, 0.1) is 0 Å². The second kappa shape index (κ2) is 7.78. The minimum Gasteiger partial charge on any atom is -0.409 e. The summed E-state index contributed by atoms with van der Waals surface area (Å²) in [5.74, 6) is 0.237. The summed E-state index contributed by atoms with van der Waals surface area (Å²) in [6.45, 7) is 1.88. The standard InChI is InChI=1S/C13H21N3O2S/c1-10(9-12(14)15-18)16(2)13(17)7-3-5-11-6-4-8-19-11/h4,6,8,10,18H,3,5,7,9H2,1-2H3,(H2,14,15). The molecule has 1 unspecified atom stereocenters. The van der Waals surface area contributed by atoms with Crippen LogP contribution in [0.25, 0.3) is 0 Å². The van der Waals surface area contributed by atoms with E-state index in [1.54, 1.807) is 23.3 Å². The monoisotopic (exact) mass is 283 g/mol. The van der Waals surface area contributed by atoms with Gasteiger partial charge in [-0.15, -0.1) is 11.3 Å². The van der Waals surface area contributed by atoms with Crippen molar-refractivity contribution in [1.82, 2.24) is 4.90 Å². The van der Waals surface area contributed by atoms with Crippen LogP contribution in [0.1, 0.15) is 31.1 Å². The fraction of sp³-hybridized carbons (Fsp3) is 0.538. The number of hydrogen-bond acceptors (Lipinski definition) is 4. The lowest BCUT2D eigenvalue weighted by Crippen LogP contribution is -2.37. The van der Waals surface area contributed by atoms with E-state index in [0.717, 1.165) is 12.8 Å². The van der Waals surface area contributed by atoms with E-state index < -0.39 is 0 Å². The number of amidine groups is 1. The molecule has 6 heteroatoms. The van der Waals surface area contributed by atoms with Crippen molar-refractivity contribution in [2.45, 2.75) is 38.6 Å². The lowest BCUT2D eigenvalue weighted by molar-refractivity contribution is -0.131. The number of carbonyl (C=O) groups is 1. The first-order valence-electron chi connectivity index (χ1n) is 6.29. The molecule has 0 bridgehead atoms. The van der Waals surface area contributed by atoms with Crippen LogP contribution in [0.4, 0.5) is 0 Å². The van der Waals surface area contributed by atoms with E-state index in [1.165, 1.54) is 4.88 Å². The molecule has 0 radical (unpaired) electrons. The Bertz CT molecular complexity index is 418. The van der Waals surface area contributed by atoms with E-state index >= 15 is 0 Å². The molecule has 1 heterocycles. The maximum Gasteiger partial charge on any atom is 0.222 e. The van der Waals surface area contributed by atoms with E-state index in [4.69, 9.17) is 10.9 Å². The van der Waals surface area contributed by atoms with Crippen LogP contribution in [0.2, 0.25) is 0 Å². The molecular weight excluding hydrogens is 262 g/mol. The summed E-state index contributed by atoms with van der Waals surface area (Å²) in [5, 5.41) is 13.5. The molecule has 1 aromatic heterocycles. The van der Waals surface area contributed by atoms with Crippen molar-refractivity contribution in [3.05, 3.63) is 22.4 Å². The van der Waals surface area contributed by atoms with Gasteiger partial charge in [-0.05, 0) is 31.2 Å². The molecule has 1 atom stereocenters. The average molecular weight is 283 g/mol. The Balaban J connectivity index is 2.31. The lowest BCUT2D eigenvalue weighted by Gasteiger charge is -2.24. The fourth-order valence-corrected chi connectivity index (χ4v) is 2.52. The molecule has 0 aliphatic rings. The summed E-state index contributed by atoms with van der Waals surface area (Å²) < 4.78 is 0. The molecule has 0 saturated carbocycles. The zero-order chi connectivity index (χ0) is 14.3. The van der Waals surface area contributed by atoms with Crippen LogP contribution in [0.5, 0.6) is 0 Å². The van der Waals surface area contributed by atoms with E-state index in [2.05, 4.69) is 11.2 Å². The summed E-state index contributed by atoms with van der Waals surface area (Å²) >= 11 is 1.72. The Morgan fingerprint density at radius 1 is 1.63 bits per heavy atom. The summed E-state index contributed by atoms with van der Waals surface area (Å²) in [5.41, 5.74) is 5.44. The third-order valence-electron chi connectivity index (χ3n) is 3.08. The highest BCUT2D eigenvalue weighted by molar-refractivity contribution is 7.09. The summed E-state index contributed by atoms with van der Waals surface area (Å²) in [4.78, 5) is 14.9. The summed E-state index contributed by atoms with van der Waals surface area (Å²) in [6, 6.07) is 4.04. The zero-order valence-corrected chi connectivity index (χ0v) is 12.2. The molecule has 0 fully saturated rings. The van der Waals surface area contributed by atoms with Crippen LogP contribution < -0.4 is 5.73 Å². The third kappa shape index (κ3) is 5.30. The van der Waals surface area contributed by atoms with Gasteiger partial charge in [0.25, 0.3) is 0 Å². The number of hydrogen-bond donors (Lipinski definition) is 2. The lowest BCUT2D eigenvalue weighted by atomic mass is 10.1. The minimum atomic E-state index is -0.0647. The molecule has 1 rings (SSSR count). The molecule has 1 aromatic rings. The molecule has 1 amide bonds. The van der Waals surface area contributed by atoms with E-state index in [9.17, 15) is 4.79 Å². The van der Waals surface area contributed by atoms with Gasteiger partial charge in [0.1, 0.15) is 5.84 Å². The fourth-order valence-electron chi connectivity index (χ4n) is 1.77. The van der Waals surface area contributed by atoms with Gasteiger partial charge in [-0.1, -0.05) is 11.2 Å². The minimum absolute atomic E-state index is 0.0647. The van der Waals surface area contributed by atoms with Crippen molar-refractivity contribution in [3.63, 3.8) is 0 Å². The maximum absolute atomic E-state index is 12.0. The van der Waals surface area contributed by atoms with Gasteiger partial charge in [0, 0.05) is 30.8 Å². The summed E-state index contributed by atoms with van der Waals surface area (Å²) in [7, 11) is 1.75. The van der Waals surface area contributed by atoms with Crippen molar-refractivity contribution in [2.75, 3.05) is 7.05 Å². The zero-order valence-electron chi connectivity index (χ0n) is 11.4. The predicted octanol–water partition coefficient (Wildman–Crippen LogP) is 2.05. The predicted molar refractivity (Wildman–Crippen MR) is 77.5 cm³/mol. The third-order valence-corrected chi connectivity index (χ3v) is 4.02. The first-order valence-corrected chi connectivity index (χ1v) is 7.17. The van der Waals surface area contributed by atoms with Crippen molar-refractivity contribution in [2.24, 2.45) is 10.9 Å². The molecule has 0 saturated heterocycles. The Labute approximate surface area is 117 Å². The maximum atomic E-state index is 12.0. The van der Waals surface area contributed by atoms with E-state index in [1.807, 2.05) is 18.4 Å². The Kier molecular flexibility index (Phi) is 6.35. The number of rotatable bonds is 7. The number of nitrogens with two attached hydrogens (primary N) is 1. The van der Waals surface area contributed by atoms with Gasteiger partial charge >= 0.3 is 0 Å². The summed E-state index contributed by atoms with van der Waals surface area (Å²) in [6.07, 6.45) is 2.68. The molecule has 0 spiro atoms. The Morgan fingerprint density at radius 3 is 2.95 bits per heavy atom. The average Bonchev–Trinajstić information content (AvgIpc) is 2.90. The molecular formula is C13H21N3O2S. The van der Waals surface area contributed by atoms with E-state index in [0.29, 0.717) is 12.8 Å². The van der Waals surface area contributed by atoms with Crippen LogP contribution >= 0.6 is 11.3 Å². The Morgan fingerprint density at radius 2 is 2.37 bits per heavy atom. The smallest absolute Gasteiger partial charge is 0.222 e. The van der Waals surface area contributed by atoms with Crippen molar-refractivity contribution in [1.29, 1.82) is 0 Å². The number of amides is 1. The molecule has 0 aromatic carbocycles. The highest BCUT2D eigenvalue weighted by Crippen LogP contribution is 2.13. The molecule has 5 nitrogen and oxygen atoms in total. The molecule has 106 valence electrons. The second-order valence-electron chi connectivity index (χ2n) is 4.58. The van der Waals surface area contributed by atoms with Crippen molar-refractivity contribution in [3.8, 4) is 0 Å². The van der Waals surface area contributed by atoms with Gasteiger partial charge in [0.15, 0.2) is 0 Å². The SMILES string of the molecule is CC(CC(N)=NO)N(C)C(=O)CCCc1cccs1. The molecule has 19 heavy (non-hydrogen) atoms. The van der Waals surface area contributed by atoms with Gasteiger partial charge in [0.05, 0.1) is 0 Å². The van der Waals surface area contributed by atoms with Gasteiger partial charge in [-0.2, -0.15) is 0 Å². The van der Waals surface area contributed by atoms with Crippen LogP contribution in [0.15, 0.2) is 22.7 Å². The van der Waals surface area contributed by atoms with Crippen molar-refractivity contribution >= 4 is 23.1 Å². The quantitative estimate of drug-likeness (QED) is 0.348. The number of carbonyl (C=O) groups excluding carboxylic acids is 1. The molecule has 0 aliphatic heterocycles. The molecule has 0 aliphatic carbocycles. The van der Waals surface area contributed by atoms with Gasteiger partial charge in [-0.25, -0.2) is 0 Å². The van der Waals surface area contributed by atoms with Gasteiger partial charge in [-0.3, -0.25) is 4.79 Å². The first kappa shape index (κ1) is 15.5. The Hall–Kier alpha value is -1.56. The van der Waals surface area contributed by atoms with Gasteiger partial charge < -0.3 is 15.8 Å². The van der Waals surface area contributed by atoms with Gasteiger partial charge in [0.2, 0.25) is 5.91 Å². The number of aryl methyl sites for hydroxylation is 1. The van der Waals surface area contributed by atoms with Crippen LogP contribution in [-0.2, 0) is 11.2 Å². The largest absolute Gasteiger partial charge is 0.409 e. The first-order chi connectivity index (χ1) is 9.04. The second-order valence-corrected chi connectivity index (χ2v) is 5.61. The van der Waals surface area contributed by atoms with E-state index in [-0.39, 0.29) is 17.8 Å². The topological polar surface area (TPSA) is 78.9 Å². The highest BCUT2D eigenvalue weighted by atomic mass is 32.1. The van der Waals surface area contributed by atoms with Crippen LogP contribution in [0.3, 0.4) is 0 Å². The number of thiophene rings is 1. The molecule has 3 N–H and O–H groups in total. The number of oxime groups is 1. The highest BCUT2D eigenvalue weighted by Gasteiger charge is 2.16.